The molecule has 0 aromatic carbocycles. The summed E-state index contributed by atoms with van der Waals surface area (Å²) in [5.74, 6) is 1.52. The van der Waals surface area contributed by atoms with Gasteiger partial charge in [0.1, 0.15) is 0 Å². The van der Waals surface area contributed by atoms with Crippen LogP contribution in [0.2, 0.25) is 0 Å². The third-order valence-electron chi connectivity index (χ3n) is 3.92. The summed E-state index contributed by atoms with van der Waals surface area (Å²) in [6.07, 6.45) is 6.46. The highest BCUT2D eigenvalue weighted by Crippen LogP contribution is 2.45. The first-order valence-corrected chi connectivity index (χ1v) is 7.30. The molecule has 0 saturated heterocycles. The molecule has 0 heterocycles. The SMILES string of the molecule is CCCCSC(=O)CC1CC=C(C)C1(C)C. The third-order valence-corrected chi connectivity index (χ3v) is 4.90. The summed E-state index contributed by atoms with van der Waals surface area (Å²) in [6.45, 7) is 8.88. The number of hydrogen-bond acceptors (Lipinski definition) is 2. The Morgan fingerprint density at radius 3 is 2.75 bits per heavy atom. The van der Waals surface area contributed by atoms with E-state index in [0.29, 0.717) is 11.0 Å². The van der Waals surface area contributed by atoms with E-state index >= 15 is 0 Å². The molecule has 16 heavy (non-hydrogen) atoms. The Labute approximate surface area is 104 Å². The van der Waals surface area contributed by atoms with Crippen LogP contribution in [-0.2, 0) is 4.79 Å². The van der Waals surface area contributed by atoms with Crippen molar-refractivity contribution in [2.75, 3.05) is 5.75 Å². The van der Waals surface area contributed by atoms with Crippen LogP contribution < -0.4 is 0 Å². The largest absolute Gasteiger partial charge is 0.287 e. The van der Waals surface area contributed by atoms with Gasteiger partial charge in [-0.25, -0.2) is 0 Å². The van der Waals surface area contributed by atoms with Gasteiger partial charge in [-0.2, -0.15) is 0 Å². The lowest BCUT2D eigenvalue weighted by Gasteiger charge is -2.29. The van der Waals surface area contributed by atoms with E-state index in [-0.39, 0.29) is 5.41 Å². The highest BCUT2D eigenvalue weighted by molar-refractivity contribution is 8.13. The third kappa shape index (κ3) is 3.38. The fourth-order valence-electron chi connectivity index (χ4n) is 2.13. The van der Waals surface area contributed by atoms with E-state index in [0.717, 1.165) is 25.0 Å². The zero-order valence-electron chi connectivity index (χ0n) is 11.0. The molecule has 92 valence electrons. The van der Waals surface area contributed by atoms with Gasteiger partial charge < -0.3 is 0 Å². The predicted octanol–water partition coefficient (Wildman–Crippen LogP) is 4.43. The normalized spacial score (nSPS) is 23.2. The van der Waals surface area contributed by atoms with Gasteiger partial charge in [-0.05, 0) is 31.1 Å². The number of hydrogen-bond donors (Lipinski definition) is 0. The fourth-order valence-corrected chi connectivity index (χ4v) is 3.11. The van der Waals surface area contributed by atoms with Crippen LogP contribution in [0.15, 0.2) is 11.6 Å². The zero-order valence-corrected chi connectivity index (χ0v) is 11.8. The average molecular weight is 240 g/mol. The number of allylic oxidation sites excluding steroid dienone is 2. The molecule has 0 amide bonds. The molecule has 1 nitrogen and oxygen atoms in total. The van der Waals surface area contributed by atoms with E-state index < -0.39 is 0 Å². The zero-order chi connectivity index (χ0) is 12.2. The van der Waals surface area contributed by atoms with Gasteiger partial charge >= 0.3 is 0 Å². The standard InChI is InChI=1S/C14H24OS/c1-5-6-9-16-13(15)10-12-8-7-11(2)14(12,3)4/h7,12H,5-6,8-10H2,1-4H3. The Morgan fingerprint density at radius 2 is 2.25 bits per heavy atom. The lowest BCUT2D eigenvalue weighted by molar-refractivity contribution is -0.112. The van der Waals surface area contributed by atoms with E-state index in [9.17, 15) is 4.79 Å². The molecule has 1 atom stereocenters. The molecule has 1 aliphatic rings. The first-order valence-electron chi connectivity index (χ1n) is 6.31. The van der Waals surface area contributed by atoms with Crippen molar-refractivity contribution in [2.24, 2.45) is 11.3 Å². The predicted molar refractivity (Wildman–Crippen MR) is 72.6 cm³/mol. The monoisotopic (exact) mass is 240 g/mol. The second kappa shape index (κ2) is 5.90. The second-order valence-electron chi connectivity index (χ2n) is 5.32. The summed E-state index contributed by atoms with van der Waals surface area (Å²) < 4.78 is 0. The van der Waals surface area contributed by atoms with Crippen LogP contribution in [0.5, 0.6) is 0 Å². The van der Waals surface area contributed by atoms with Gasteiger partial charge in [0, 0.05) is 12.2 Å². The highest BCUT2D eigenvalue weighted by atomic mass is 32.2. The molecule has 1 rings (SSSR count). The molecule has 2 heteroatoms. The molecule has 0 aromatic rings. The molecule has 1 aliphatic carbocycles. The maximum Gasteiger partial charge on any atom is 0.189 e. The molecule has 0 spiro atoms. The van der Waals surface area contributed by atoms with Crippen LogP contribution in [0, 0.1) is 11.3 Å². The van der Waals surface area contributed by atoms with Gasteiger partial charge in [-0.15, -0.1) is 0 Å². The average Bonchev–Trinajstić information content (AvgIpc) is 2.45. The first kappa shape index (κ1) is 13.8. The Morgan fingerprint density at radius 1 is 1.56 bits per heavy atom. The van der Waals surface area contributed by atoms with E-state index in [4.69, 9.17) is 0 Å². The second-order valence-corrected chi connectivity index (χ2v) is 6.47. The summed E-state index contributed by atoms with van der Waals surface area (Å²) in [4.78, 5) is 11.8. The van der Waals surface area contributed by atoms with Gasteiger partial charge in [0.25, 0.3) is 0 Å². The van der Waals surface area contributed by atoms with Gasteiger partial charge in [0.2, 0.25) is 0 Å². The van der Waals surface area contributed by atoms with Crippen LogP contribution in [0.25, 0.3) is 0 Å². The van der Waals surface area contributed by atoms with Gasteiger partial charge in [-0.3, -0.25) is 4.79 Å². The Balaban J connectivity index is 2.36. The van der Waals surface area contributed by atoms with Gasteiger partial charge in [0.15, 0.2) is 5.12 Å². The molecule has 0 bridgehead atoms. The molecule has 0 saturated carbocycles. The number of carbonyl (C=O) groups is 1. The minimum atomic E-state index is 0.223. The Hall–Kier alpha value is -0.240. The number of carbonyl (C=O) groups excluding carboxylic acids is 1. The Kier molecular flexibility index (Phi) is 5.10. The minimum Gasteiger partial charge on any atom is -0.287 e. The first-order chi connectivity index (χ1) is 7.48. The fraction of sp³-hybridized carbons (Fsp3) is 0.786. The van der Waals surface area contributed by atoms with Crippen molar-refractivity contribution in [3.8, 4) is 0 Å². The van der Waals surface area contributed by atoms with Crippen LogP contribution >= 0.6 is 11.8 Å². The molecular formula is C14H24OS. The minimum absolute atomic E-state index is 0.223. The van der Waals surface area contributed by atoms with E-state index in [1.807, 2.05) is 0 Å². The molecule has 0 radical (unpaired) electrons. The highest BCUT2D eigenvalue weighted by Gasteiger charge is 2.35. The van der Waals surface area contributed by atoms with Crippen molar-refractivity contribution in [1.29, 1.82) is 0 Å². The smallest absolute Gasteiger partial charge is 0.189 e. The Bertz CT molecular complexity index is 278. The molecule has 0 aromatic heterocycles. The van der Waals surface area contributed by atoms with Crippen molar-refractivity contribution in [1.82, 2.24) is 0 Å². The summed E-state index contributed by atoms with van der Waals surface area (Å²) >= 11 is 1.53. The summed E-state index contributed by atoms with van der Waals surface area (Å²) in [7, 11) is 0. The van der Waals surface area contributed by atoms with Gasteiger partial charge in [0.05, 0.1) is 0 Å². The van der Waals surface area contributed by atoms with Crippen molar-refractivity contribution >= 4 is 16.9 Å². The molecule has 0 aliphatic heterocycles. The molecule has 1 unspecified atom stereocenters. The van der Waals surface area contributed by atoms with Crippen molar-refractivity contribution < 1.29 is 4.79 Å². The number of unbranched alkanes of at least 4 members (excludes halogenated alkanes) is 1. The van der Waals surface area contributed by atoms with E-state index in [1.165, 1.54) is 23.8 Å². The van der Waals surface area contributed by atoms with Crippen molar-refractivity contribution in [2.45, 2.75) is 53.4 Å². The van der Waals surface area contributed by atoms with Crippen LogP contribution in [0.1, 0.15) is 53.4 Å². The van der Waals surface area contributed by atoms with Crippen LogP contribution in [0.4, 0.5) is 0 Å². The molecule has 0 N–H and O–H groups in total. The lowest BCUT2D eigenvalue weighted by Crippen LogP contribution is -2.22. The number of thioether (sulfide) groups is 1. The maximum atomic E-state index is 11.8. The maximum absolute atomic E-state index is 11.8. The van der Waals surface area contributed by atoms with Crippen LogP contribution in [0.3, 0.4) is 0 Å². The van der Waals surface area contributed by atoms with E-state index in [2.05, 4.69) is 33.8 Å². The topological polar surface area (TPSA) is 17.1 Å². The van der Waals surface area contributed by atoms with Crippen molar-refractivity contribution in [3.63, 3.8) is 0 Å². The lowest BCUT2D eigenvalue weighted by atomic mass is 9.76. The summed E-state index contributed by atoms with van der Waals surface area (Å²) in [5, 5.41) is 0.384. The van der Waals surface area contributed by atoms with Crippen LogP contribution in [-0.4, -0.2) is 10.9 Å². The van der Waals surface area contributed by atoms with Crippen molar-refractivity contribution in [3.05, 3.63) is 11.6 Å². The number of rotatable bonds is 5. The van der Waals surface area contributed by atoms with Gasteiger partial charge in [-0.1, -0.05) is 50.6 Å². The summed E-state index contributed by atoms with van der Waals surface area (Å²) in [5.41, 5.74) is 1.67. The summed E-state index contributed by atoms with van der Waals surface area (Å²) in [6, 6.07) is 0. The molecular weight excluding hydrogens is 216 g/mol. The van der Waals surface area contributed by atoms with E-state index in [1.54, 1.807) is 0 Å². The quantitative estimate of drug-likeness (QED) is 0.522. The molecule has 0 fully saturated rings.